The van der Waals surface area contributed by atoms with Crippen LogP contribution >= 0.6 is 23.5 Å². The van der Waals surface area contributed by atoms with Gasteiger partial charge in [0, 0.05) is 84.1 Å². The summed E-state index contributed by atoms with van der Waals surface area (Å²) in [7, 11) is 0. The van der Waals surface area contributed by atoms with Crippen molar-refractivity contribution in [2.75, 3.05) is 37.9 Å². The first-order valence-corrected chi connectivity index (χ1v) is 16.8. The molecule has 8 nitrogen and oxygen atoms in total. The summed E-state index contributed by atoms with van der Waals surface area (Å²) < 4.78 is 14.8. The highest BCUT2D eigenvalue weighted by molar-refractivity contribution is 7.99. The molecule has 0 saturated heterocycles. The van der Waals surface area contributed by atoms with Crippen LogP contribution in [-0.2, 0) is 35.4 Å². The molecule has 0 spiro atoms. The summed E-state index contributed by atoms with van der Waals surface area (Å²) in [5.41, 5.74) is 1.55. The molecule has 0 atom stereocenters. The Bertz CT molecular complexity index is 1220. The zero-order chi connectivity index (χ0) is 29.6. The minimum Gasteiger partial charge on any atom is -0.494 e. The van der Waals surface area contributed by atoms with Gasteiger partial charge in [-0.05, 0) is 55.8 Å². The molecule has 41 heavy (non-hydrogen) atoms. The summed E-state index contributed by atoms with van der Waals surface area (Å²) in [6, 6.07) is 3.32. The van der Waals surface area contributed by atoms with Gasteiger partial charge >= 0.3 is 0 Å². The van der Waals surface area contributed by atoms with Gasteiger partial charge in [-0.2, -0.15) is 0 Å². The van der Waals surface area contributed by atoms with Gasteiger partial charge < -0.3 is 19.7 Å². The number of aromatic hydroxyl groups is 2. The molecule has 2 aliphatic heterocycles. The fraction of sp³-hybridized carbons (Fsp3) is 0.677. The van der Waals surface area contributed by atoms with Gasteiger partial charge in [0.2, 0.25) is 0 Å². The van der Waals surface area contributed by atoms with E-state index in [1.807, 2.05) is 0 Å². The Balaban J connectivity index is 1.07. The lowest BCUT2D eigenvalue weighted by Gasteiger charge is -2.25. The van der Waals surface area contributed by atoms with E-state index < -0.39 is 0 Å². The number of nitrogens with zero attached hydrogens (tertiary/aromatic N) is 2. The van der Waals surface area contributed by atoms with E-state index >= 15 is 0 Å². The molecular formula is C31H46N2O6S2. The molecule has 10 heteroatoms. The molecule has 2 aliphatic rings. The monoisotopic (exact) mass is 606 g/mol. The molecular weight excluding hydrogens is 560 g/mol. The largest absolute Gasteiger partial charge is 0.494 e. The molecule has 0 unspecified atom stereocenters. The lowest BCUT2D eigenvalue weighted by Crippen LogP contribution is -2.25. The van der Waals surface area contributed by atoms with Gasteiger partial charge in [0.15, 0.2) is 11.8 Å². The van der Waals surface area contributed by atoms with E-state index in [1.54, 1.807) is 35.7 Å². The van der Waals surface area contributed by atoms with Crippen molar-refractivity contribution < 1.29 is 19.7 Å². The Morgan fingerprint density at radius 1 is 0.707 bits per heavy atom. The highest BCUT2D eigenvalue weighted by atomic mass is 32.2. The van der Waals surface area contributed by atoms with Crippen LogP contribution in [0.3, 0.4) is 0 Å². The average Bonchev–Trinajstić information content (AvgIpc) is 3.57. The summed E-state index contributed by atoms with van der Waals surface area (Å²) >= 11 is 3.28. The minimum absolute atomic E-state index is 0.0115. The van der Waals surface area contributed by atoms with Gasteiger partial charge in [-0.15, -0.1) is 23.5 Å². The lowest BCUT2D eigenvalue weighted by atomic mass is 9.86. The summed E-state index contributed by atoms with van der Waals surface area (Å²) in [6.45, 7) is 12.3. The molecule has 0 saturated carbocycles. The second kappa shape index (κ2) is 14.1. The lowest BCUT2D eigenvalue weighted by molar-refractivity contribution is 0.0582. The Kier molecular flexibility index (Phi) is 11.0. The van der Waals surface area contributed by atoms with Crippen LogP contribution in [0.25, 0.3) is 0 Å². The third-order valence-electron chi connectivity index (χ3n) is 8.35. The van der Waals surface area contributed by atoms with Crippen LogP contribution in [0, 0.1) is 10.8 Å². The molecule has 2 aromatic rings. The minimum atomic E-state index is -0.126. The van der Waals surface area contributed by atoms with Crippen molar-refractivity contribution in [1.82, 2.24) is 9.13 Å². The third kappa shape index (κ3) is 8.58. The van der Waals surface area contributed by atoms with E-state index in [9.17, 15) is 19.8 Å². The van der Waals surface area contributed by atoms with Gasteiger partial charge in [-0.3, -0.25) is 18.7 Å². The molecule has 0 amide bonds. The molecule has 0 bridgehead atoms. The molecule has 0 fully saturated rings. The van der Waals surface area contributed by atoms with Crippen molar-refractivity contribution in [2.45, 2.75) is 95.5 Å². The Hall–Kier alpha value is -1.88. The highest BCUT2D eigenvalue weighted by Crippen LogP contribution is 2.37. The molecule has 2 N–H and O–H groups in total. The number of thioether (sulfide) groups is 2. The molecule has 228 valence electrons. The van der Waals surface area contributed by atoms with Gasteiger partial charge in [-0.1, -0.05) is 27.7 Å². The first-order valence-electron chi connectivity index (χ1n) is 14.8. The van der Waals surface area contributed by atoms with Crippen LogP contribution in [0.2, 0.25) is 0 Å². The molecule has 2 aromatic heterocycles. The van der Waals surface area contributed by atoms with Crippen LogP contribution in [0.15, 0.2) is 31.5 Å². The average molecular weight is 607 g/mol. The van der Waals surface area contributed by atoms with E-state index in [0.29, 0.717) is 39.5 Å². The Morgan fingerprint density at radius 2 is 1.12 bits per heavy atom. The standard InChI is InChI=1S/C31H46N2O6S2/c1-30(2,8-12-32-26(34)20-24-22(28(32)36)6-18-40-24)10-16-38-14-5-15-39-17-11-31(3,4)9-13-33-27(35)21-25-23(29(33)37)7-19-41-25/h20-21,36-37H,5-19H2,1-4H3. The number of hydrogen-bond acceptors (Lipinski definition) is 8. The first-order chi connectivity index (χ1) is 19.5. The van der Waals surface area contributed by atoms with Crippen LogP contribution in [0.4, 0.5) is 0 Å². The van der Waals surface area contributed by atoms with Crippen LogP contribution in [0.1, 0.15) is 70.9 Å². The van der Waals surface area contributed by atoms with Crippen molar-refractivity contribution in [3.05, 3.63) is 44.0 Å². The molecule has 4 rings (SSSR count). The van der Waals surface area contributed by atoms with Crippen LogP contribution in [-0.4, -0.2) is 57.3 Å². The maximum Gasteiger partial charge on any atom is 0.254 e. The Morgan fingerprint density at radius 3 is 1.54 bits per heavy atom. The van der Waals surface area contributed by atoms with Crippen LogP contribution in [0.5, 0.6) is 11.8 Å². The predicted octanol–water partition coefficient (Wildman–Crippen LogP) is 5.45. The van der Waals surface area contributed by atoms with E-state index in [4.69, 9.17) is 9.47 Å². The second-order valence-corrected chi connectivity index (χ2v) is 15.0. The van der Waals surface area contributed by atoms with Gasteiger partial charge in [0.05, 0.1) is 0 Å². The fourth-order valence-electron chi connectivity index (χ4n) is 5.24. The first kappa shape index (κ1) is 32.0. The van der Waals surface area contributed by atoms with Crippen molar-refractivity contribution in [3.8, 4) is 11.8 Å². The van der Waals surface area contributed by atoms with Gasteiger partial charge in [0.25, 0.3) is 11.1 Å². The smallest absolute Gasteiger partial charge is 0.254 e. The molecule has 4 heterocycles. The maximum absolute atomic E-state index is 12.5. The maximum atomic E-state index is 12.5. The van der Waals surface area contributed by atoms with Gasteiger partial charge in [0.1, 0.15) is 0 Å². The number of ether oxygens (including phenoxy) is 2. The summed E-state index contributed by atoms with van der Waals surface area (Å²) in [5, 5.41) is 21.2. The summed E-state index contributed by atoms with van der Waals surface area (Å²) in [4.78, 5) is 26.8. The van der Waals surface area contributed by atoms with E-state index in [1.165, 1.54) is 9.13 Å². The van der Waals surface area contributed by atoms with Crippen molar-refractivity contribution in [1.29, 1.82) is 0 Å². The number of rotatable bonds is 16. The third-order valence-corrected chi connectivity index (χ3v) is 10.5. The molecule has 0 aromatic carbocycles. The molecule has 0 aliphatic carbocycles. The zero-order valence-electron chi connectivity index (χ0n) is 25.0. The quantitative estimate of drug-likeness (QED) is 0.243. The SMILES string of the molecule is CC(C)(CCOCCCOCCC(C)(C)CCn1c(O)c2c(cc1=O)SCC2)CCn1c(O)c2c(cc1=O)SCC2. The van der Waals surface area contributed by atoms with Crippen molar-refractivity contribution >= 4 is 23.5 Å². The predicted molar refractivity (Wildman–Crippen MR) is 166 cm³/mol. The fourth-order valence-corrected chi connectivity index (χ4v) is 7.39. The van der Waals surface area contributed by atoms with Crippen molar-refractivity contribution in [2.24, 2.45) is 10.8 Å². The van der Waals surface area contributed by atoms with Crippen molar-refractivity contribution in [3.63, 3.8) is 0 Å². The second-order valence-electron chi connectivity index (χ2n) is 12.7. The van der Waals surface area contributed by atoms with E-state index in [0.717, 1.165) is 77.4 Å². The highest BCUT2D eigenvalue weighted by Gasteiger charge is 2.24. The van der Waals surface area contributed by atoms with Gasteiger partial charge in [-0.25, -0.2) is 0 Å². The zero-order valence-corrected chi connectivity index (χ0v) is 26.6. The number of fused-ring (bicyclic) bond motifs is 2. The summed E-state index contributed by atoms with van der Waals surface area (Å²) in [5.74, 6) is 2.12. The Labute approximate surface area is 251 Å². The number of aromatic nitrogens is 2. The van der Waals surface area contributed by atoms with E-state index in [2.05, 4.69) is 27.7 Å². The number of hydrogen-bond donors (Lipinski definition) is 2. The normalized spacial score (nSPS) is 14.9. The molecule has 0 radical (unpaired) electrons. The van der Waals surface area contributed by atoms with E-state index in [-0.39, 0.29) is 33.7 Å². The van der Waals surface area contributed by atoms with Crippen LogP contribution < -0.4 is 11.1 Å². The number of pyridine rings is 2. The topological polar surface area (TPSA) is 103 Å². The summed E-state index contributed by atoms with van der Waals surface area (Å²) in [6.07, 6.45) is 5.78.